The Hall–Kier alpha value is -3.15. The van der Waals surface area contributed by atoms with E-state index in [0.717, 1.165) is 0 Å². The van der Waals surface area contributed by atoms with Gasteiger partial charge in [0.2, 0.25) is 21.8 Å². The number of hydrogen-bond donors (Lipinski definition) is 3. The molecule has 1 unspecified atom stereocenters. The number of nitrogens with zero attached hydrogens (tertiary/aromatic N) is 1. The summed E-state index contributed by atoms with van der Waals surface area (Å²) in [6, 6.07) is 10.5. The monoisotopic (exact) mass is 476 g/mol. The molecular weight excluding hydrogens is 448 g/mol. The lowest BCUT2D eigenvalue weighted by Crippen LogP contribution is -2.40. The molecule has 1 aliphatic rings. The largest absolute Gasteiger partial charge is 0.495 e. The van der Waals surface area contributed by atoms with Crippen LogP contribution in [0.4, 0.5) is 17.1 Å². The first kappa shape index (κ1) is 24.5. The van der Waals surface area contributed by atoms with Crippen molar-refractivity contribution in [2.24, 2.45) is 0 Å². The van der Waals surface area contributed by atoms with Crippen molar-refractivity contribution in [3.05, 3.63) is 42.5 Å². The number of amides is 2. The van der Waals surface area contributed by atoms with Crippen molar-refractivity contribution in [3.8, 4) is 5.75 Å². The summed E-state index contributed by atoms with van der Waals surface area (Å²) in [7, 11) is -2.09. The highest BCUT2D eigenvalue weighted by Crippen LogP contribution is 2.28. The molecule has 11 heteroatoms. The third kappa shape index (κ3) is 6.21. The summed E-state index contributed by atoms with van der Waals surface area (Å²) in [5.41, 5.74) is 1.57. The van der Waals surface area contributed by atoms with E-state index in [1.165, 1.54) is 30.5 Å². The second kappa shape index (κ2) is 10.6. The van der Waals surface area contributed by atoms with Gasteiger partial charge in [-0.15, -0.1) is 0 Å². The number of methoxy groups -OCH3 is 1. The van der Waals surface area contributed by atoms with Gasteiger partial charge >= 0.3 is 0 Å². The van der Waals surface area contributed by atoms with Crippen LogP contribution in [0, 0.1) is 0 Å². The van der Waals surface area contributed by atoms with Crippen LogP contribution in [0.25, 0.3) is 0 Å². The molecule has 3 N–H and O–H groups in total. The summed E-state index contributed by atoms with van der Waals surface area (Å²) >= 11 is 0. The lowest BCUT2D eigenvalue weighted by atomic mass is 10.2. The Morgan fingerprint density at radius 2 is 1.67 bits per heavy atom. The quantitative estimate of drug-likeness (QED) is 0.533. The van der Waals surface area contributed by atoms with Gasteiger partial charge in [-0.25, -0.2) is 8.42 Å². The van der Waals surface area contributed by atoms with E-state index >= 15 is 0 Å². The Morgan fingerprint density at radius 3 is 2.27 bits per heavy atom. The molecule has 0 aliphatic carbocycles. The smallest absolute Gasteiger partial charge is 0.246 e. The maximum absolute atomic E-state index is 12.7. The number of sulfonamides is 1. The van der Waals surface area contributed by atoms with Crippen LogP contribution in [0.5, 0.6) is 5.75 Å². The molecule has 1 saturated heterocycles. The zero-order valence-electron chi connectivity index (χ0n) is 18.8. The zero-order valence-corrected chi connectivity index (χ0v) is 19.6. The van der Waals surface area contributed by atoms with Crippen molar-refractivity contribution < 1.29 is 27.5 Å². The van der Waals surface area contributed by atoms with E-state index < -0.39 is 16.1 Å². The van der Waals surface area contributed by atoms with Crippen LogP contribution in [0.1, 0.15) is 13.8 Å². The molecule has 1 fully saturated rings. The van der Waals surface area contributed by atoms with Gasteiger partial charge in [0, 0.05) is 31.4 Å². The van der Waals surface area contributed by atoms with Crippen molar-refractivity contribution in [2.45, 2.75) is 24.8 Å². The molecule has 2 aromatic carbocycles. The van der Waals surface area contributed by atoms with Gasteiger partial charge in [-0.2, -0.15) is 4.31 Å². The molecule has 1 atom stereocenters. The predicted octanol–water partition coefficient (Wildman–Crippen LogP) is 2.11. The first-order valence-corrected chi connectivity index (χ1v) is 11.9. The summed E-state index contributed by atoms with van der Waals surface area (Å²) in [5.74, 6) is -0.0248. The minimum absolute atomic E-state index is 0.160. The molecule has 0 radical (unpaired) electrons. The van der Waals surface area contributed by atoms with Crippen LogP contribution in [0.3, 0.4) is 0 Å². The van der Waals surface area contributed by atoms with Gasteiger partial charge < -0.3 is 25.4 Å². The highest BCUT2D eigenvalue weighted by atomic mass is 32.2. The maximum atomic E-state index is 12.7. The highest BCUT2D eigenvalue weighted by Gasteiger charge is 2.26. The molecule has 1 aliphatic heterocycles. The van der Waals surface area contributed by atoms with E-state index in [0.29, 0.717) is 49.1 Å². The third-order valence-electron chi connectivity index (χ3n) is 5.01. The number of anilines is 3. The van der Waals surface area contributed by atoms with Gasteiger partial charge in [0.05, 0.1) is 30.9 Å². The van der Waals surface area contributed by atoms with E-state index in [1.54, 1.807) is 37.3 Å². The van der Waals surface area contributed by atoms with Gasteiger partial charge in [0.25, 0.3) is 0 Å². The number of nitrogens with one attached hydrogen (secondary N) is 3. The maximum Gasteiger partial charge on any atom is 0.246 e. The molecule has 0 aromatic heterocycles. The van der Waals surface area contributed by atoms with Crippen LogP contribution in [0.15, 0.2) is 47.4 Å². The van der Waals surface area contributed by atoms with Gasteiger partial charge in [-0.3, -0.25) is 9.59 Å². The van der Waals surface area contributed by atoms with E-state index in [1.807, 2.05) is 0 Å². The Labute approximate surface area is 193 Å². The summed E-state index contributed by atoms with van der Waals surface area (Å²) in [6.45, 7) is 4.46. The van der Waals surface area contributed by atoms with Gasteiger partial charge in [0.1, 0.15) is 11.8 Å². The Balaban J connectivity index is 1.66. The Morgan fingerprint density at radius 1 is 1.03 bits per heavy atom. The van der Waals surface area contributed by atoms with Gasteiger partial charge in [0.15, 0.2) is 0 Å². The van der Waals surface area contributed by atoms with Crippen molar-refractivity contribution in [1.82, 2.24) is 4.31 Å². The fraction of sp³-hybridized carbons (Fsp3) is 0.364. The first-order valence-electron chi connectivity index (χ1n) is 10.4. The highest BCUT2D eigenvalue weighted by molar-refractivity contribution is 7.89. The summed E-state index contributed by atoms with van der Waals surface area (Å²) in [6.07, 6.45) is 0. The van der Waals surface area contributed by atoms with Crippen LogP contribution in [-0.4, -0.2) is 64.0 Å². The van der Waals surface area contributed by atoms with E-state index in [4.69, 9.17) is 9.47 Å². The topological polar surface area (TPSA) is 126 Å². The van der Waals surface area contributed by atoms with E-state index in [2.05, 4.69) is 16.0 Å². The molecular formula is C22H28N4O6S. The predicted molar refractivity (Wildman–Crippen MR) is 125 cm³/mol. The minimum Gasteiger partial charge on any atom is -0.495 e. The van der Waals surface area contributed by atoms with Crippen LogP contribution < -0.4 is 20.7 Å². The molecule has 10 nitrogen and oxygen atoms in total. The van der Waals surface area contributed by atoms with Gasteiger partial charge in [-0.1, -0.05) is 0 Å². The summed E-state index contributed by atoms with van der Waals surface area (Å²) < 4.78 is 37.4. The molecule has 33 heavy (non-hydrogen) atoms. The first-order chi connectivity index (χ1) is 15.7. The van der Waals surface area contributed by atoms with Crippen molar-refractivity contribution in [2.75, 3.05) is 49.4 Å². The van der Waals surface area contributed by atoms with Crippen LogP contribution in [-0.2, 0) is 24.3 Å². The average molecular weight is 477 g/mol. The molecule has 3 rings (SSSR count). The average Bonchev–Trinajstić information content (AvgIpc) is 2.80. The van der Waals surface area contributed by atoms with Crippen LogP contribution >= 0.6 is 0 Å². The number of morpholine rings is 1. The van der Waals surface area contributed by atoms with Crippen molar-refractivity contribution in [3.63, 3.8) is 0 Å². The number of hydrogen-bond acceptors (Lipinski definition) is 7. The SMILES string of the molecule is COc1ccc(NC(C)=O)cc1NC(C)C(=O)Nc1ccc(S(=O)(=O)N2CCOCC2)cc1. The zero-order chi connectivity index (χ0) is 24.0. The lowest BCUT2D eigenvalue weighted by Gasteiger charge is -2.26. The van der Waals surface area contributed by atoms with Crippen LogP contribution in [0.2, 0.25) is 0 Å². The normalized spacial score (nSPS) is 15.4. The Kier molecular flexibility index (Phi) is 7.90. The minimum atomic E-state index is -3.60. The number of carbonyl (C=O) groups is 2. The lowest BCUT2D eigenvalue weighted by molar-refractivity contribution is -0.116. The number of ether oxygens (including phenoxy) is 2. The molecule has 1 heterocycles. The second-order valence-electron chi connectivity index (χ2n) is 7.49. The fourth-order valence-electron chi connectivity index (χ4n) is 3.30. The Bertz CT molecular complexity index is 1100. The van der Waals surface area contributed by atoms with E-state index in [9.17, 15) is 18.0 Å². The number of benzene rings is 2. The van der Waals surface area contributed by atoms with Gasteiger partial charge in [-0.05, 0) is 49.4 Å². The molecule has 0 bridgehead atoms. The van der Waals surface area contributed by atoms with E-state index in [-0.39, 0.29) is 16.7 Å². The number of carbonyl (C=O) groups excluding carboxylic acids is 2. The summed E-state index contributed by atoms with van der Waals surface area (Å²) in [5, 5.41) is 8.52. The molecule has 2 amide bonds. The number of rotatable bonds is 8. The van der Waals surface area contributed by atoms with Crippen molar-refractivity contribution in [1.29, 1.82) is 0 Å². The van der Waals surface area contributed by atoms with Crippen molar-refractivity contribution >= 4 is 38.9 Å². The molecule has 0 spiro atoms. The standard InChI is InChI=1S/C22H28N4O6S/c1-15(23-20-14-18(24-16(2)27)6-9-21(20)31-3)22(28)25-17-4-7-19(8-5-17)33(29,30)26-10-12-32-13-11-26/h4-9,14-15,23H,10-13H2,1-3H3,(H,24,27)(H,25,28). The summed E-state index contributed by atoms with van der Waals surface area (Å²) in [4.78, 5) is 24.2. The third-order valence-corrected chi connectivity index (χ3v) is 6.93. The second-order valence-corrected chi connectivity index (χ2v) is 9.43. The fourth-order valence-corrected chi connectivity index (χ4v) is 4.71. The molecule has 2 aromatic rings. The molecule has 178 valence electrons. The molecule has 0 saturated carbocycles.